The standard InChI is InChI=1S/C11H14O2S/c1-9-12-7-10(13-9)8-14-11-5-3-2-4-6-11/h2-6,9-10H,7-8H2,1H3. The quantitative estimate of drug-likeness (QED) is 0.714. The Kier molecular flexibility index (Phi) is 3.45. The molecule has 2 nitrogen and oxygen atoms in total. The summed E-state index contributed by atoms with van der Waals surface area (Å²) >= 11 is 1.81. The Morgan fingerprint density at radius 2 is 2.14 bits per heavy atom. The van der Waals surface area contributed by atoms with E-state index >= 15 is 0 Å². The first-order valence-corrected chi connectivity index (χ1v) is 5.78. The molecule has 76 valence electrons. The molecular formula is C11H14O2S. The van der Waals surface area contributed by atoms with Crippen LogP contribution < -0.4 is 0 Å². The second-order valence-electron chi connectivity index (χ2n) is 3.28. The van der Waals surface area contributed by atoms with Gasteiger partial charge in [0.15, 0.2) is 6.29 Å². The Labute approximate surface area is 88.6 Å². The predicted octanol–water partition coefficient (Wildman–Crippen LogP) is 2.54. The van der Waals surface area contributed by atoms with Crippen LogP contribution in [-0.4, -0.2) is 24.8 Å². The lowest BCUT2D eigenvalue weighted by Crippen LogP contribution is -2.13. The van der Waals surface area contributed by atoms with Crippen LogP contribution in [0.1, 0.15) is 6.92 Å². The van der Waals surface area contributed by atoms with E-state index in [1.807, 2.05) is 24.8 Å². The minimum Gasteiger partial charge on any atom is -0.350 e. The van der Waals surface area contributed by atoms with Gasteiger partial charge in [-0.05, 0) is 19.1 Å². The Balaban J connectivity index is 1.78. The van der Waals surface area contributed by atoms with Crippen LogP contribution in [0.25, 0.3) is 0 Å². The van der Waals surface area contributed by atoms with Gasteiger partial charge in [0.25, 0.3) is 0 Å². The van der Waals surface area contributed by atoms with Gasteiger partial charge in [-0.25, -0.2) is 0 Å². The fraction of sp³-hybridized carbons (Fsp3) is 0.455. The fourth-order valence-electron chi connectivity index (χ4n) is 1.39. The van der Waals surface area contributed by atoms with Crippen molar-refractivity contribution in [2.75, 3.05) is 12.4 Å². The maximum absolute atomic E-state index is 5.54. The van der Waals surface area contributed by atoms with E-state index in [2.05, 4.69) is 24.3 Å². The van der Waals surface area contributed by atoms with E-state index in [9.17, 15) is 0 Å². The first-order chi connectivity index (χ1) is 6.84. The molecule has 0 aliphatic carbocycles. The lowest BCUT2D eigenvalue weighted by atomic mass is 10.4. The first-order valence-electron chi connectivity index (χ1n) is 4.79. The number of ether oxygens (including phenoxy) is 2. The topological polar surface area (TPSA) is 18.5 Å². The van der Waals surface area contributed by atoms with Gasteiger partial charge >= 0.3 is 0 Å². The molecule has 0 N–H and O–H groups in total. The summed E-state index contributed by atoms with van der Waals surface area (Å²) in [5, 5.41) is 0. The largest absolute Gasteiger partial charge is 0.350 e. The highest BCUT2D eigenvalue weighted by molar-refractivity contribution is 7.99. The fourth-order valence-corrected chi connectivity index (χ4v) is 2.29. The van der Waals surface area contributed by atoms with Crippen molar-refractivity contribution in [3.63, 3.8) is 0 Å². The zero-order valence-corrected chi connectivity index (χ0v) is 9.00. The number of hydrogen-bond donors (Lipinski definition) is 0. The molecule has 1 aliphatic heterocycles. The second kappa shape index (κ2) is 4.82. The second-order valence-corrected chi connectivity index (χ2v) is 4.38. The normalized spacial score (nSPS) is 26.6. The predicted molar refractivity (Wildman–Crippen MR) is 57.5 cm³/mol. The van der Waals surface area contributed by atoms with Gasteiger partial charge in [-0.2, -0.15) is 0 Å². The summed E-state index contributed by atoms with van der Waals surface area (Å²) in [6, 6.07) is 10.4. The van der Waals surface area contributed by atoms with E-state index in [4.69, 9.17) is 9.47 Å². The molecule has 0 spiro atoms. The molecular weight excluding hydrogens is 196 g/mol. The zero-order valence-electron chi connectivity index (χ0n) is 8.18. The Morgan fingerprint density at radius 1 is 1.36 bits per heavy atom. The average molecular weight is 210 g/mol. The van der Waals surface area contributed by atoms with E-state index in [0.717, 1.165) is 12.4 Å². The maximum Gasteiger partial charge on any atom is 0.155 e. The van der Waals surface area contributed by atoms with Gasteiger partial charge in [-0.1, -0.05) is 18.2 Å². The lowest BCUT2D eigenvalue weighted by molar-refractivity contribution is -0.0382. The summed E-state index contributed by atoms with van der Waals surface area (Å²) in [5.41, 5.74) is 0. The molecule has 14 heavy (non-hydrogen) atoms. The zero-order chi connectivity index (χ0) is 9.80. The Bertz CT molecular complexity index is 276. The van der Waals surface area contributed by atoms with E-state index in [0.29, 0.717) is 0 Å². The molecule has 1 aromatic rings. The van der Waals surface area contributed by atoms with Crippen molar-refractivity contribution in [1.82, 2.24) is 0 Å². The summed E-state index contributed by atoms with van der Waals surface area (Å²) < 4.78 is 10.9. The van der Waals surface area contributed by atoms with Gasteiger partial charge in [0.2, 0.25) is 0 Å². The Hall–Kier alpha value is -0.510. The average Bonchev–Trinajstić information content (AvgIpc) is 2.63. The monoisotopic (exact) mass is 210 g/mol. The minimum absolute atomic E-state index is 0.0311. The van der Waals surface area contributed by atoms with Gasteiger partial charge < -0.3 is 9.47 Å². The van der Waals surface area contributed by atoms with E-state index < -0.39 is 0 Å². The molecule has 0 aromatic heterocycles. The van der Waals surface area contributed by atoms with Crippen LogP contribution in [0.3, 0.4) is 0 Å². The van der Waals surface area contributed by atoms with Crippen LogP contribution in [0.4, 0.5) is 0 Å². The number of hydrogen-bond acceptors (Lipinski definition) is 3. The lowest BCUT2D eigenvalue weighted by Gasteiger charge is -2.07. The van der Waals surface area contributed by atoms with Gasteiger partial charge in [0.1, 0.15) is 0 Å². The van der Waals surface area contributed by atoms with Gasteiger partial charge in [0.05, 0.1) is 12.7 Å². The molecule has 0 saturated carbocycles. The highest BCUT2D eigenvalue weighted by atomic mass is 32.2. The summed E-state index contributed by atoms with van der Waals surface area (Å²) in [6.45, 7) is 2.66. The number of rotatable bonds is 3. The van der Waals surface area contributed by atoms with Crippen LogP contribution in [0.2, 0.25) is 0 Å². The molecule has 0 radical (unpaired) electrons. The van der Waals surface area contributed by atoms with Crippen molar-refractivity contribution in [3.8, 4) is 0 Å². The molecule has 2 unspecified atom stereocenters. The summed E-state index contributed by atoms with van der Waals surface area (Å²) in [4.78, 5) is 1.29. The smallest absolute Gasteiger partial charge is 0.155 e. The van der Waals surface area contributed by atoms with Crippen LogP contribution >= 0.6 is 11.8 Å². The molecule has 1 heterocycles. The van der Waals surface area contributed by atoms with Crippen molar-refractivity contribution < 1.29 is 9.47 Å². The molecule has 1 saturated heterocycles. The molecule has 3 heteroatoms. The van der Waals surface area contributed by atoms with Crippen LogP contribution in [0.15, 0.2) is 35.2 Å². The van der Waals surface area contributed by atoms with Crippen LogP contribution in [0, 0.1) is 0 Å². The van der Waals surface area contributed by atoms with Crippen molar-refractivity contribution in [3.05, 3.63) is 30.3 Å². The summed E-state index contributed by atoms with van der Waals surface area (Å²) in [5.74, 6) is 0.967. The minimum atomic E-state index is -0.0311. The van der Waals surface area contributed by atoms with Gasteiger partial charge in [0, 0.05) is 10.6 Å². The molecule has 1 fully saturated rings. The van der Waals surface area contributed by atoms with Crippen molar-refractivity contribution >= 4 is 11.8 Å². The molecule has 0 bridgehead atoms. The van der Waals surface area contributed by atoms with Crippen LogP contribution in [0.5, 0.6) is 0 Å². The van der Waals surface area contributed by atoms with Gasteiger partial charge in [-0.3, -0.25) is 0 Å². The van der Waals surface area contributed by atoms with Crippen molar-refractivity contribution in [2.45, 2.75) is 24.2 Å². The third-order valence-corrected chi connectivity index (χ3v) is 3.22. The third-order valence-electron chi connectivity index (χ3n) is 2.08. The molecule has 1 aliphatic rings. The van der Waals surface area contributed by atoms with Crippen molar-refractivity contribution in [2.24, 2.45) is 0 Å². The third kappa shape index (κ3) is 2.74. The number of thioether (sulfide) groups is 1. The highest BCUT2D eigenvalue weighted by Crippen LogP contribution is 2.22. The van der Waals surface area contributed by atoms with E-state index in [1.165, 1.54) is 4.90 Å². The molecule has 2 atom stereocenters. The summed E-state index contributed by atoms with van der Waals surface area (Å²) in [6.07, 6.45) is 0.214. The van der Waals surface area contributed by atoms with Crippen molar-refractivity contribution in [1.29, 1.82) is 0 Å². The SMILES string of the molecule is CC1OCC(CSc2ccccc2)O1. The molecule has 1 aromatic carbocycles. The summed E-state index contributed by atoms with van der Waals surface area (Å²) in [7, 11) is 0. The molecule has 0 amide bonds. The first kappa shape index (κ1) is 10.0. The molecule has 2 rings (SSSR count). The Morgan fingerprint density at radius 3 is 2.79 bits per heavy atom. The van der Waals surface area contributed by atoms with Crippen LogP contribution in [-0.2, 0) is 9.47 Å². The maximum atomic E-state index is 5.54. The number of benzene rings is 1. The highest BCUT2D eigenvalue weighted by Gasteiger charge is 2.21. The van der Waals surface area contributed by atoms with E-state index in [1.54, 1.807) is 0 Å². The van der Waals surface area contributed by atoms with Gasteiger partial charge in [-0.15, -0.1) is 11.8 Å². The van der Waals surface area contributed by atoms with E-state index in [-0.39, 0.29) is 12.4 Å².